The van der Waals surface area contributed by atoms with Crippen LogP contribution >= 0.6 is 11.6 Å². The van der Waals surface area contributed by atoms with E-state index in [-0.39, 0.29) is 12.5 Å². The van der Waals surface area contributed by atoms with Crippen molar-refractivity contribution in [2.24, 2.45) is 0 Å². The molecule has 122 valence electrons. The maximum absolute atomic E-state index is 12.4. The first-order valence-electron chi connectivity index (χ1n) is 7.94. The summed E-state index contributed by atoms with van der Waals surface area (Å²) in [5.41, 5.74) is 2.40. The van der Waals surface area contributed by atoms with Gasteiger partial charge in [-0.1, -0.05) is 29.8 Å². The number of fused-ring (bicyclic) bond motifs is 3. The Labute approximate surface area is 145 Å². The molecule has 1 aliphatic heterocycles. The number of benzene rings is 2. The fourth-order valence-electron chi connectivity index (χ4n) is 3.14. The summed E-state index contributed by atoms with van der Waals surface area (Å²) in [4.78, 5) is 14.3. The Kier molecular flexibility index (Phi) is 3.90. The molecule has 0 N–H and O–H groups in total. The second-order valence-corrected chi connectivity index (χ2v) is 6.34. The van der Waals surface area contributed by atoms with E-state index in [1.54, 1.807) is 24.3 Å². The van der Waals surface area contributed by atoms with Crippen LogP contribution in [0.1, 0.15) is 5.69 Å². The molecule has 0 spiro atoms. The molecule has 0 unspecified atom stereocenters. The van der Waals surface area contributed by atoms with Crippen molar-refractivity contribution in [2.75, 3.05) is 13.2 Å². The van der Waals surface area contributed by atoms with Crippen LogP contribution in [0.4, 0.5) is 0 Å². The van der Waals surface area contributed by atoms with Gasteiger partial charge in [0.1, 0.15) is 5.75 Å². The monoisotopic (exact) mass is 340 g/mol. The third kappa shape index (κ3) is 2.85. The van der Waals surface area contributed by atoms with Gasteiger partial charge in [0.25, 0.3) is 5.91 Å². The van der Waals surface area contributed by atoms with Gasteiger partial charge in [0, 0.05) is 29.3 Å². The number of carbonyl (C=O) groups excluding carboxylic acids is 1. The van der Waals surface area contributed by atoms with Crippen molar-refractivity contribution in [3.63, 3.8) is 0 Å². The molecule has 2 heterocycles. The van der Waals surface area contributed by atoms with Gasteiger partial charge in [0.15, 0.2) is 6.61 Å². The maximum atomic E-state index is 12.4. The molecule has 4 rings (SSSR count). The fourth-order valence-corrected chi connectivity index (χ4v) is 3.26. The van der Waals surface area contributed by atoms with Gasteiger partial charge in [-0.2, -0.15) is 0 Å². The molecule has 24 heavy (non-hydrogen) atoms. The van der Waals surface area contributed by atoms with Gasteiger partial charge in [-0.25, -0.2) is 0 Å². The zero-order valence-electron chi connectivity index (χ0n) is 13.1. The average Bonchev–Trinajstić information content (AvgIpc) is 2.98. The summed E-state index contributed by atoms with van der Waals surface area (Å²) in [6, 6.07) is 17.5. The van der Waals surface area contributed by atoms with Crippen LogP contribution < -0.4 is 4.74 Å². The predicted octanol–water partition coefficient (Wildman–Crippen LogP) is 3.72. The van der Waals surface area contributed by atoms with Gasteiger partial charge in [0.05, 0.1) is 6.54 Å². The van der Waals surface area contributed by atoms with Gasteiger partial charge in [0.2, 0.25) is 0 Å². The minimum absolute atomic E-state index is 0.00135. The molecule has 0 saturated carbocycles. The molecule has 4 nitrogen and oxygen atoms in total. The van der Waals surface area contributed by atoms with Crippen molar-refractivity contribution < 1.29 is 9.53 Å². The van der Waals surface area contributed by atoms with Gasteiger partial charge in [-0.3, -0.25) is 4.79 Å². The second kappa shape index (κ2) is 6.21. The van der Waals surface area contributed by atoms with Crippen LogP contribution in [0.25, 0.3) is 10.9 Å². The first-order valence-corrected chi connectivity index (χ1v) is 8.32. The highest BCUT2D eigenvalue weighted by atomic mass is 35.5. The highest BCUT2D eigenvalue weighted by Crippen LogP contribution is 2.24. The molecule has 0 bridgehead atoms. The number of halogens is 1. The van der Waals surface area contributed by atoms with E-state index in [9.17, 15) is 4.79 Å². The first kappa shape index (κ1) is 15.1. The summed E-state index contributed by atoms with van der Waals surface area (Å²) in [5.74, 6) is 0.653. The topological polar surface area (TPSA) is 34.5 Å². The Hall–Kier alpha value is -2.46. The van der Waals surface area contributed by atoms with E-state index in [4.69, 9.17) is 16.3 Å². The average molecular weight is 341 g/mol. The van der Waals surface area contributed by atoms with Crippen LogP contribution in [0, 0.1) is 0 Å². The minimum Gasteiger partial charge on any atom is -0.484 e. The molecule has 0 fully saturated rings. The number of para-hydroxylation sites is 1. The van der Waals surface area contributed by atoms with E-state index >= 15 is 0 Å². The Morgan fingerprint density at radius 3 is 2.71 bits per heavy atom. The van der Waals surface area contributed by atoms with Gasteiger partial charge in [-0.05, 0) is 41.8 Å². The fraction of sp³-hybridized carbons (Fsp3) is 0.211. The third-order valence-electron chi connectivity index (χ3n) is 4.37. The quantitative estimate of drug-likeness (QED) is 0.728. The number of ether oxygens (including phenoxy) is 1. The Morgan fingerprint density at radius 1 is 1.08 bits per heavy atom. The molecule has 0 radical (unpaired) electrons. The summed E-state index contributed by atoms with van der Waals surface area (Å²) >= 11 is 5.84. The van der Waals surface area contributed by atoms with Crippen LogP contribution in [0.3, 0.4) is 0 Å². The molecule has 1 aliphatic rings. The van der Waals surface area contributed by atoms with Crippen molar-refractivity contribution >= 4 is 28.4 Å². The summed E-state index contributed by atoms with van der Waals surface area (Å²) in [7, 11) is 0. The van der Waals surface area contributed by atoms with Crippen molar-refractivity contribution in [1.82, 2.24) is 9.47 Å². The molecular weight excluding hydrogens is 324 g/mol. The number of carbonyl (C=O) groups is 1. The molecule has 0 saturated heterocycles. The van der Waals surface area contributed by atoms with Crippen LogP contribution in [0.2, 0.25) is 5.02 Å². The number of hydrogen-bond donors (Lipinski definition) is 0. The van der Waals surface area contributed by atoms with E-state index < -0.39 is 0 Å². The number of amides is 1. The van der Waals surface area contributed by atoms with Crippen LogP contribution in [-0.2, 0) is 17.9 Å². The van der Waals surface area contributed by atoms with Crippen molar-refractivity contribution in [3.05, 3.63) is 65.3 Å². The number of hydrogen-bond acceptors (Lipinski definition) is 2. The Morgan fingerprint density at radius 2 is 1.88 bits per heavy atom. The van der Waals surface area contributed by atoms with Crippen molar-refractivity contribution in [3.8, 4) is 5.75 Å². The van der Waals surface area contributed by atoms with E-state index in [2.05, 4.69) is 22.8 Å². The van der Waals surface area contributed by atoms with Crippen molar-refractivity contribution in [2.45, 2.75) is 13.1 Å². The zero-order chi connectivity index (χ0) is 16.5. The molecule has 5 heteroatoms. The largest absolute Gasteiger partial charge is 0.484 e. The number of nitrogens with zero attached hydrogens (tertiary/aromatic N) is 2. The highest BCUT2D eigenvalue weighted by Gasteiger charge is 2.22. The lowest BCUT2D eigenvalue weighted by atomic mass is 10.2. The van der Waals surface area contributed by atoms with Gasteiger partial charge in [-0.15, -0.1) is 0 Å². The summed E-state index contributed by atoms with van der Waals surface area (Å²) in [6.45, 7) is 2.18. The standard InChI is InChI=1S/C19H17ClN2O2/c20-15-5-7-17(8-6-15)24-13-19(23)21-9-10-22-16(12-21)11-14-3-1-2-4-18(14)22/h1-8,11H,9-10,12-13H2. The lowest BCUT2D eigenvalue weighted by molar-refractivity contribution is -0.134. The normalized spacial score (nSPS) is 13.8. The van der Waals surface area contributed by atoms with Crippen LogP contribution in [0.5, 0.6) is 5.75 Å². The molecular formula is C19H17ClN2O2. The lowest BCUT2D eigenvalue weighted by Crippen LogP contribution is -2.40. The van der Waals surface area contributed by atoms with E-state index in [0.29, 0.717) is 23.9 Å². The lowest BCUT2D eigenvalue weighted by Gasteiger charge is -2.29. The second-order valence-electron chi connectivity index (χ2n) is 5.90. The van der Waals surface area contributed by atoms with E-state index in [1.807, 2.05) is 17.0 Å². The summed E-state index contributed by atoms with van der Waals surface area (Å²) < 4.78 is 7.86. The summed E-state index contributed by atoms with van der Waals surface area (Å²) in [6.07, 6.45) is 0. The molecule has 1 aromatic heterocycles. The van der Waals surface area contributed by atoms with Crippen LogP contribution in [0.15, 0.2) is 54.6 Å². The maximum Gasteiger partial charge on any atom is 0.260 e. The Bertz CT molecular complexity index is 886. The minimum atomic E-state index is 0.00135. The first-order chi connectivity index (χ1) is 11.7. The number of rotatable bonds is 3. The smallest absolute Gasteiger partial charge is 0.260 e. The molecule has 0 aliphatic carbocycles. The molecule has 0 atom stereocenters. The highest BCUT2D eigenvalue weighted by molar-refractivity contribution is 6.30. The summed E-state index contributed by atoms with van der Waals surface area (Å²) in [5, 5.41) is 1.87. The SMILES string of the molecule is O=C(COc1ccc(Cl)cc1)N1CCn2c(cc3ccccc32)C1. The number of aromatic nitrogens is 1. The zero-order valence-corrected chi connectivity index (χ0v) is 13.9. The Balaban J connectivity index is 1.44. The molecule has 3 aromatic rings. The van der Waals surface area contributed by atoms with E-state index in [1.165, 1.54) is 16.6 Å². The van der Waals surface area contributed by atoms with Gasteiger partial charge >= 0.3 is 0 Å². The molecule has 1 amide bonds. The van der Waals surface area contributed by atoms with Crippen molar-refractivity contribution in [1.29, 1.82) is 0 Å². The van der Waals surface area contributed by atoms with Crippen LogP contribution in [-0.4, -0.2) is 28.5 Å². The van der Waals surface area contributed by atoms with Gasteiger partial charge < -0.3 is 14.2 Å². The predicted molar refractivity (Wildman–Crippen MR) is 94.3 cm³/mol. The third-order valence-corrected chi connectivity index (χ3v) is 4.62. The van der Waals surface area contributed by atoms with E-state index in [0.717, 1.165) is 6.54 Å². The molecule has 2 aromatic carbocycles.